The van der Waals surface area contributed by atoms with Gasteiger partial charge in [-0.2, -0.15) is 0 Å². The second-order valence-electron chi connectivity index (χ2n) is 12.9. The summed E-state index contributed by atoms with van der Waals surface area (Å²) in [6.45, 7) is 13.5. The molecular weight excluding hydrogens is 504 g/mol. The second kappa shape index (κ2) is 9.71. The molecule has 0 fully saturated rings. The molecule has 6 rings (SSSR count). The average molecular weight is 541 g/mol. The molecule has 1 nitrogen and oxygen atoms in total. The van der Waals surface area contributed by atoms with Crippen molar-refractivity contribution < 1.29 is 4.21 Å². The second-order valence-corrected chi connectivity index (χ2v) is 14.3. The lowest BCUT2D eigenvalue weighted by Crippen LogP contribution is -2.11. The van der Waals surface area contributed by atoms with Crippen LogP contribution in [0.5, 0.6) is 0 Å². The summed E-state index contributed by atoms with van der Waals surface area (Å²) >= 11 is 0. The molecule has 6 aromatic rings. The third kappa shape index (κ3) is 4.65. The first-order chi connectivity index (χ1) is 19.0. The van der Waals surface area contributed by atoms with Crippen molar-refractivity contribution in [3.8, 4) is 11.1 Å². The first kappa shape index (κ1) is 26.5. The fourth-order valence-electron chi connectivity index (χ4n) is 5.65. The van der Waals surface area contributed by atoms with Crippen molar-refractivity contribution in [2.24, 2.45) is 0 Å². The van der Waals surface area contributed by atoms with Crippen LogP contribution in [0.15, 0.2) is 119 Å². The van der Waals surface area contributed by atoms with Gasteiger partial charge in [-0.05, 0) is 90.3 Å². The van der Waals surface area contributed by atoms with Crippen LogP contribution in [0.2, 0.25) is 0 Å². The van der Waals surface area contributed by atoms with Crippen LogP contribution in [-0.4, -0.2) is 4.21 Å². The maximum atomic E-state index is 14.4. The van der Waals surface area contributed by atoms with Crippen LogP contribution in [0.3, 0.4) is 0 Å². The van der Waals surface area contributed by atoms with Gasteiger partial charge in [-0.25, -0.2) is 4.21 Å². The van der Waals surface area contributed by atoms with Crippen molar-refractivity contribution in [1.82, 2.24) is 0 Å². The Morgan fingerprint density at radius 3 is 1.62 bits per heavy atom. The number of benzene rings is 6. The van der Waals surface area contributed by atoms with E-state index in [2.05, 4.69) is 120 Å². The zero-order valence-electron chi connectivity index (χ0n) is 24.2. The van der Waals surface area contributed by atoms with Gasteiger partial charge < -0.3 is 0 Å². The summed E-state index contributed by atoms with van der Waals surface area (Å²) in [4.78, 5) is 1.71. The molecule has 40 heavy (non-hydrogen) atoms. The molecule has 0 aliphatic heterocycles. The van der Waals surface area contributed by atoms with E-state index in [0.717, 1.165) is 36.7 Å². The van der Waals surface area contributed by atoms with Crippen molar-refractivity contribution in [3.05, 3.63) is 120 Å². The zero-order chi connectivity index (χ0) is 28.2. The predicted octanol–water partition coefficient (Wildman–Crippen LogP) is 10.6. The Morgan fingerprint density at radius 2 is 1.02 bits per heavy atom. The van der Waals surface area contributed by atoms with Crippen LogP contribution in [0.25, 0.3) is 43.4 Å². The third-order valence-electron chi connectivity index (χ3n) is 7.98. The standard InChI is InChI=1S/C38H36OS/c1-37(2,3)28-18-16-25(17-19-28)35-32-22-26-12-10-11-13-27(26)23-34(32)36(40(39)30-14-8-7-9-15-30)31-21-20-29(24-33(31)35)38(4,5)6/h7-24H,1-6H3. The van der Waals surface area contributed by atoms with Crippen LogP contribution in [-0.2, 0) is 21.6 Å². The first-order valence-corrected chi connectivity index (χ1v) is 15.2. The molecule has 6 aromatic carbocycles. The molecule has 0 N–H and O–H groups in total. The molecule has 0 aliphatic rings. The van der Waals surface area contributed by atoms with Crippen LogP contribution in [0.1, 0.15) is 52.7 Å². The summed E-state index contributed by atoms with van der Waals surface area (Å²) in [5, 5.41) is 6.73. The minimum atomic E-state index is -1.35. The molecule has 0 saturated carbocycles. The Balaban J connectivity index is 1.80. The summed E-state index contributed by atoms with van der Waals surface area (Å²) in [7, 11) is -1.35. The van der Waals surface area contributed by atoms with Crippen molar-refractivity contribution in [3.63, 3.8) is 0 Å². The molecule has 0 spiro atoms. The zero-order valence-corrected chi connectivity index (χ0v) is 25.0. The smallest absolute Gasteiger partial charge is 0.0862 e. The van der Waals surface area contributed by atoms with Gasteiger partial charge in [0.1, 0.15) is 0 Å². The lowest BCUT2D eigenvalue weighted by Gasteiger charge is -2.23. The van der Waals surface area contributed by atoms with E-state index >= 15 is 0 Å². The molecule has 0 heterocycles. The minimum absolute atomic E-state index is 0.0152. The van der Waals surface area contributed by atoms with Crippen LogP contribution < -0.4 is 0 Å². The lowest BCUT2D eigenvalue weighted by atomic mass is 9.82. The van der Waals surface area contributed by atoms with Crippen LogP contribution in [0, 0.1) is 0 Å². The molecule has 0 saturated heterocycles. The first-order valence-electron chi connectivity index (χ1n) is 14.0. The fourth-order valence-corrected chi connectivity index (χ4v) is 7.04. The van der Waals surface area contributed by atoms with E-state index in [0.29, 0.717) is 0 Å². The summed E-state index contributed by atoms with van der Waals surface area (Å²) in [5.74, 6) is 0. The van der Waals surface area contributed by atoms with Gasteiger partial charge in [0.25, 0.3) is 0 Å². The third-order valence-corrected chi connectivity index (χ3v) is 9.49. The number of fused-ring (bicyclic) bond motifs is 3. The number of hydrogen-bond acceptors (Lipinski definition) is 1. The van der Waals surface area contributed by atoms with Crippen molar-refractivity contribution in [1.29, 1.82) is 0 Å². The van der Waals surface area contributed by atoms with Gasteiger partial charge in [0, 0.05) is 10.3 Å². The van der Waals surface area contributed by atoms with E-state index < -0.39 is 10.8 Å². The highest BCUT2D eigenvalue weighted by molar-refractivity contribution is 7.85. The van der Waals surface area contributed by atoms with E-state index in [-0.39, 0.29) is 10.8 Å². The number of rotatable bonds is 3. The van der Waals surface area contributed by atoms with E-state index in [1.165, 1.54) is 27.6 Å². The highest BCUT2D eigenvalue weighted by atomic mass is 32.2. The van der Waals surface area contributed by atoms with Gasteiger partial charge in [0.15, 0.2) is 0 Å². The van der Waals surface area contributed by atoms with Gasteiger partial charge in [-0.3, -0.25) is 0 Å². The topological polar surface area (TPSA) is 17.1 Å². The Labute approximate surface area is 240 Å². The molecule has 0 aliphatic carbocycles. The van der Waals surface area contributed by atoms with E-state index in [9.17, 15) is 4.21 Å². The molecule has 0 bridgehead atoms. The normalized spacial score (nSPS) is 13.2. The Morgan fingerprint density at radius 1 is 0.500 bits per heavy atom. The largest absolute Gasteiger partial charge is 0.249 e. The molecule has 0 aromatic heterocycles. The van der Waals surface area contributed by atoms with E-state index in [1.807, 2.05) is 30.3 Å². The summed E-state index contributed by atoms with van der Waals surface area (Å²) < 4.78 is 14.4. The Hall–Kier alpha value is -3.75. The van der Waals surface area contributed by atoms with Gasteiger partial charge >= 0.3 is 0 Å². The Kier molecular flexibility index (Phi) is 6.43. The summed E-state index contributed by atoms with van der Waals surface area (Å²) in [5.41, 5.74) is 5.03. The van der Waals surface area contributed by atoms with Crippen molar-refractivity contribution in [2.45, 2.75) is 62.2 Å². The highest BCUT2D eigenvalue weighted by Crippen LogP contribution is 2.44. The van der Waals surface area contributed by atoms with Crippen LogP contribution in [0.4, 0.5) is 0 Å². The van der Waals surface area contributed by atoms with Gasteiger partial charge in [-0.1, -0.05) is 120 Å². The molecule has 2 heteroatoms. The highest BCUT2D eigenvalue weighted by Gasteiger charge is 2.23. The summed E-state index contributed by atoms with van der Waals surface area (Å²) in [6, 6.07) is 38.7. The molecule has 0 amide bonds. The van der Waals surface area contributed by atoms with Crippen molar-refractivity contribution >= 4 is 43.1 Å². The Bertz CT molecular complexity index is 1900. The van der Waals surface area contributed by atoms with Gasteiger partial charge in [0.05, 0.1) is 15.7 Å². The van der Waals surface area contributed by atoms with E-state index in [1.54, 1.807) is 0 Å². The summed E-state index contributed by atoms with van der Waals surface area (Å²) in [6.07, 6.45) is 0. The number of hydrogen-bond donors (Lipinski definition) is 0. The lowest BCUT2D eigenvalue weighted by molar-refractivity contribution is 0.590. The maximum absolute atomic E-state index is 14.4. The quantitative estimate of drug-likeness (QED) is 0.204. The predicted molar refractivity (Wildman–Crippen MR) is 173 cm³/mol. The average Bonchev–Trinajstić information content (AvgIpc) is 2.94. The van der Waals surface area contributed by atoms with Gasteiger partial charge in [0.2, 0.25) is 0 Å². The SMILES string of the molecule is CC(C)(C)c1ccc(-c2c3cc(C(C)(C)C)ccc3c(S(=O)c3ccccc3)c3cc4ccccc4cc23)cc1. The molecule has 1 atom stereocenters. The maximum Gasteiger partial charge on any atom is 0.0862 e. The monoisotopic (exact) mass is 540 g/mol. The molecule has 1 unspecified atom stereocenters. The molecule has 200 valence electrons. The van der Waals surface area contributed by atoms with Crippen molar-refractivity contribution in [2.75, 3.05) is 0 Å². The molecular formula is C38H36OS. The molecule has 0 radical (unpaired) electrons. The fraction of sp³-hybridized carbons (Fsp3) is 0.211. The van der Waals surface area contributed by atoms with Crippen LogP contribution >= 0.6 is 0 Å². The minimum Gasteiger partial charge on any atom is -0.249 e. The van der Waals surface area contributed by atoms with Gasteiger partial charge in [-0.15, -0.1) is 0 Å². The van der Waals surface area contributed by atoms with E-state index in [4.69, 9.17) is 0 Å².